The van der Waals surface area contributed by atoms with Crippen LogP contribution in [-0.4, -0.2) is 13.2 Å². The maximum Gasteiger partial charge on any atom is 0.227 e. The Morgan fingerprint density at radius 1 is 0.625 bits per heavy atom. The summed E-state index contributed by atoms with van der Waals surface area (Å²) in [5.74, 6) is 0. The molecule has 0 aliphatic heterocycles. The zero-order valence-electron chi connectivity index (χ0n) is 12.2. The summed E-state index contributed by atoms with van der Waals surface area (Å²) in [6.45, 7) is 17.5. The van der Waals surface area contributed by atoms with Gasteiger partial charge in [0.25, 0.3) is 0 Å². The molecule has 1 nitrogen and oxygen atoms in total. The highest BCUT2D eigenvalue weighted by molar-refractivity contribution is 6.84. The van der Waals surface area contributed by atoms with E-state index in [9.17, 15) is 8.96 Å². The molecule has 0 fully saturated rings. The summed E-state index contributed by atoms with van der Waals surface area (Å²) >= 11 is 0. The summed E-state index contributed by atoms with van der Waals surface area (Å²) in [6, 6.07) is 0. The van der Waals surface area contributed by atoms with Gasteiger partial charge in [0.05, 0.1) is 0 Å². The molecule has 0 saturated heterocycles. The highest BCUT2D eigenvalue weighted by atomic mass is 28.3. The Morgan fingerprint density at radius 2 is 0.812 bits per heavy atom. The summed E-state index contributed by atoms with van der Waals surface area (Å²) in [5.41, 5.74) is 0. The molecule has 4 heteroatoms. The Morgan fingerprint density at radius 3 is 0.812 bits per heavy atom. The lowest BCUT2D eigenvalue weighted by Crippen LogP contribution is -2.65. The SMILES string of the molecule is CC(C)(C)[Si](N(F)F)(C(C)(C)C)C(C)(C)C. The van der Waals surface area contributed by atoms with E-state index < -0.39 is 13.2 Å². The van der Waals surface area contributed by atoms with Crippen molar-refractivity contribution >= 4 is 8.24 Å². The largest absolute Gasteiger partial charge is 0.227 e. The monoisotopic (exact) mass is 251 g/mol. The molecule has 0 saturated carbocycles. The van der Waals surface area contributed by atoms with Crippen molar-refractivity contribution in [1.29, 1.82) is 0 Å². The highest BCUT2D eigenvalue weighted by Crippen LogP contribution is 2.63. The maximum absolute atomic E-state index is 13.7. The van der Waals surface area contributed by atoms with Crippen LogP contribution in [-0.2, 0) is 0 Å². The molecule has 0 heterocycles. The van der Waals surface area contributed by atoms with E-state index >= 15 is 0 Å². The van der Waals surface area contributed by atoms with Crippen molar-refractivity contribution in [3.05, 3.63) is 0 Å². The second kappa shape index (κ2) is 4.05. The van der Waals surface area contributed by atoms with Gasteiger partial charge in [-0.2, -0.15) is 0 Å². The zero-order valence-corrected chi connectivity index (χ0v) is 13.2. The molecule has 0 bridgehead atoms. The predicted octanol–water partition coefficient (Wildman–Crippen LogP) is 5.40. The average Bonchev–Trinajstić information content (AvgIpc) is 1.71. The molecule has 0 N–H and O–H groups in total. The molecule has 0 spiro atoms. The molecular formula is C12H27F2NSi. The molecule has 0 aliphatic carbocycles. The fraction of sp³-hybridized carbons (Fsp3) is 1.00. The Bertz CT molecular complexity index is 207. The topological polar surface area (TPSA) is 3.24 Å². The first-order valence-corrected chi connectivity index (χ1v) is 7.76. The summed E-state index contributed by atoms with van der Waals surface area (Å²) < 4.78 is 27.5. The van der Waals surface area contributed by atoms with Crippen LogP contribution in [0.15, 0.2) is 0 Å². The third-order valence-corrected chi connectivity index (χ3v) is 10.5. The normalized spacial score (nSPS) is 15.8. The maximum atomic E-state index is 13.7. The molecule has 0 aromatic carbocycles. The van der Waals surface area contributed by atoms with Gasteiger partial charge in [0.15, 0.2) is 0 Å². The van der Waals surface area contributed by atoms with E-state index in [0.29, 0.717) is 0 Å². The van der Waals surface area contributed by atoms with E-state index in [-0.39, 0.29) is 15.1 Å². The minimum atomic E-state index is -2.98. The Hall–Kier alpha value is 0.0369. The van der Waals surface area contributed by atoms with Gasteiger partial charge >= 0.3 is 0 Å². The number of hydrogen-bond acceptors (Lipinski definition) is 1. The van der Waals surface area contributed by atoms with Crippen molar-refractivity contribution in [1.82, 2.24) is 5.01 Å². The van der Waals surface area contributed by atoms with Gasteiger partial charge in [0.2, 0.25) is 8.24 Å². The Balaban J connectivity index is 6.05. The van der Waals surface area contributed by atoms with Crippen LogP contribution in [0.3, 0.4) is 0 Å². The van der Waals surface area contributed by atoms with E-state index in [0.717, 1.165) is 0 Å². The van der Waals surface area contributed by atoms with E-state index in [2.05, 4.69) is 0 Å². The lowest BCUT2D eigenvalue weighted by atomic mass is 10.2. The van der Waals surface area contributed by atoms with Crippen LogP contribution in [0.2, 0.25) is 15.1 Å². The number of nitrogens with zero attached hydrogens (tertiary/aromatic N) is 1. The number of halogens is 2. The van der Waals surface area contributed by atoms with Crippen molar-refractivity contribution in [2.45, 2.75) is 77.4 Å². The fourth-order valence-corrected chi connectivity index (χ4v) is 12.4. The first kappa shape index (κ1) is 16.0. The average molecular weight is 251 g/mol. The minimum Gasteiger partial charge on any atom is -0.111 e. The van der Waals surface area contributed by atoms with Crippen LogP contribution in [0.25, 0.3) is 0 Å². The molecule has 0 aromatic rings. The van der Waals surface area contributed by atoms with Gasteiger partial charge in [-0.15, -0.1) is 8.96 Å². The van der Waals surface area contributed by atoms with Gasteiger partial charge in [0.1, 0.15) is 0 Å². The van der Waals surface area contributed by atoms with Crippen molar-refractivity contribution in [3.8, 4) is 0 Å². The minimum absolute atomic E-state index is 0.382. The summed E-state index contributed by atoms with van der Waals surface area (Å²) in [7, 11) is -2.98. The van der Waals surface area contributed by atoms with Crippen LogP contribution < -0.4 is 0 Å². The summed E-state index contributed by atoms with van der Waals surface area (Å²) in [4.78, 5) is 0. The van der Waals surface area contributed by atoms with Crippen LogP contribution >= 0.6 is 0 Å². The third-order valence-electron chi connectivity index (χ3n) is 3.51. The van der Waals surface area contributed by atoms with Gasteiger partial charge in [-0.05, 0) is 20.1 Å². The van der Waals surface area contributed by atoms with Crippen LogP contribution in [0.5, 0.6) is 0 Å². The van der Waals surface area contributed by atoms with Gasteiger partial charge in [-0.25, -0.2) is 0 Å². The third kappa shape index (κ3) is 2.19. The van der Waals surface area contributed by atoms with Crippen molar-refractivity contribution < 1.29 is 8.96 Å². The van der Waals surface area contributed by atoms with Gasteiger partial charge in [-0.1, -0.05) is 62.3 Å². The molecule has 0 amide bonds. The van der Waals surface area contributed by atoms with Crippen molar-refractivity contribution in [2.75, 3.05) is 0 Å². The first-order chi connectivity index (χ1) is 6.69. The number of rotatable bonds is 1. The van der Waals surface area contributed by atoms with Gasteiger partial charge in [0, 0.05) is 0 Å². The Kier molecular flexibility index (Phi) is 4.06. The van der Waals surface area contributed by atoms with Crippen molar-refractivity contribution in [3.63, 3.8) is 0 Å². The Labute approximate surface area is 100 Å². The van der Waals surface area contributed by atoms with E-state index in [1.54, 1.807) is 0 Å². The van der Waals surface area contributed by atoms with Gasteiger partial charge < -0.3 is 0 Å². The van der Waals surface area contributed by atoms with Crippen LogP contribution in [0.4, 0.5) is 8.96 Å². The van der Waals surface area contributed by atoms with Crippen LogP contribution in [0.1, 0.15) is 62.3 Å². The predicted molar refractivity (Wildman–Crippen MR) is 69.0 cm³/mol. The molecule has 0 unspecified atom stereocenters. The van der Waals surface area contributed by atoms with E-state index in [1.165, 1.54) is 0 Å². The fourth-order valence-electron chi connectivity index (χ4n) is 4.14. The molecular weight excluding hydrogens is 224 g/mol. The zero-order chi connectivity index (χ0) is 13.6. The molecule has 0 atom stereocenters. The number of hydrogen-bond donors (Lipinski definition) is 0. The lowest BCUT2D eigenvalue weighted by Gasteiger charge is -2.57. The van der Waals surface area contributed by atoms with Gasteiger partial charge in [-0.3, -0.25) is 0 Å². The summed E-state index contributed by atoms with van der Waals surface area (Å²) in [6.07, 6.45) is 0. The first-order valence-electron chi connectivity index (χ1n) is 5.81. The molecule has 0 radical (unpaired) electrons. The second-order valence-corrected chi connectivity index (χ2v) is 14.0. The quantitative estimate of drug-likeness (QED) is 0.445. The molecule has 0 aromatic heterocycles. The molecule has 98 valence electrons. The molecule has 16 heavy (non-hydrogen) atoms. The smallest absolute Gasteiger partial charge is 0.111 e. The molecule has 0 rings (SSSR count). The van der Waals surface area contributed by atoms with E-state index in [1.807, 2.05) is 62.3 Å². The lowest BCUT2D eigenvalue weighted by molar-refractivity contribution is -0.0853. The second-order valence-electron chi connectivity index (χ2n) is 7.69. The molecule has 0 aliphatic rings. The summed E-state index contributed by atoms with van der Waals surface area (Å²) in [5, 5.41) is -1.57. The standard InChI is InChI=1S/C12H27F2NSi/c1-10(2,3)16(15(13)14,11(4,5)6)12(7,8)9/h1-9H3. The van der Waals surface area contributed by atoms with Crippen molar-refractivity contribution in [2.24, 2.45) is 0 Å². The highest BCUT2D eigenvalue weighted by Gasteiger charge is 2.66. The van der Waals surface area contributed by atoms with E-state index in [4.69, 9.17) is 0 Å². The van der Waals surface area contributed by atoms with Crippen LogP contribution in [0, 0.1) is 0 Å².